The Morgan fingerprint density at radius 1 is 1.30 bits per heavy atom. The summed E-state index contributed by atoms with van der Waals surface area (Å²) in [5.41, 5.74) is 1.04. The van der Waals surface area contributed by atoms with E-state index in [1.807, 2.05) is 18.3 Å². The Kier molecular flexibility index (Phi) is 3.72. The summed E-state index contributed by atoms with van der Waals surface area (Å²) in [5, 5.41) is 6.37. The molecule has 2 aromatic rings. The van der Waals surface area contributed by atoms with Crippen molar-refractivity contribution >= 4 is 28.7 Å². The van der Waals surface area contributed by atoms with Crippen molar-refractivity contribution in [2.24, 2.45) is 0 Å². The summed E-state index contributed by atoms with van der Waals surface area (Å²) in [6.07, 6.45) is 1.84. The number of aromatic nitrogens is 1. The lowest BCUT2D eigenvalue weighted by Crippen LogP contribution is -2.35. The number of thiophene rings is 1. The number of hydrogen-bond acceptors (Lipinski definition) is 3. The number of pyridine rings is 1. The van der Waals surface area contributed by atoms with Crippen molar-refractivity contribution in [3.05, 3.63) is 52.5 Å². The predicted octanol–water partition coefficient (Wildman–Crippen LogP) is 3.52. The Labute approximate surface area is 128 Å². The molecule has 0 amide bonds. The number of nitrogens with zero attached hydrogens (tertiary/aromatic N) is 2. The van der Waals surface area contributed by atoms with Crippen LogP contribution in [-0.4, -0.2) is 21.0 Å². The first-order valence-corrected chi connectivity index (χ1v) is 8.00. The maximum atomic E-state index is 5.54. The van der Waals surface area contributed by atoms with Gasteiger partial charge in [0, 0.05) is 17.1 Å². The highest BCUT2D eigenvalue weighted by Gasteiger charge is 2.41. The Balaban J connectivity index is 2.03. The second kappa shape index (κ2) is 5.50. The molecule has 3 rings (SSSR count). The molecule has 2 atom stereocenters. The largest absolute Gasteiger partial charge is 0.352 e. The van der Waals surface area contributed by atoms with Gasteiger partial charge in [0.25, 0.3) is 0 Å². The molecule has 1 aliphatic rings. The van der Waals surface area contributed by atoms with Crippen LogP contribution in [0.25, 0.3) is 0 Å². The summed E-state index contributed by atoms with van der Waals surface area (Å²) < 4.78 is 0. The van der Waals surface area contributed by atoms with E-state index in [1.165, 1.54) is 4.88 Å². The molecular formula is C15H17N3S2. The van der Waals surface area contributed by atoms with Crippen molar-refractivity contribution in [3.8, 4) is 0 Å². The first-order chi connectivity index (χ1) is 9.68. The molecule has 1 N–H and O–H groups in total. The van der Waals surface area contributed by atoms with Crippen molar-refractivity contribution in [3.63, 3.8) is 0 Å². The summed E-state index contributed by atoms with van der Waals surface area (Å²) in [4.78, 5) is 8.10. The molecule has 0 aliphatic carbocycles. The van der Waals surface area contributed by atoms with Gasteiger partial charge in [0.2, 0.25) is 0 Å². The lowest BCUT2D eigenvalue weighted by Gasteiger charge is -2.30. The van der Waals surface area contributed by atoms with Crippen LogP contribution in [0, 0.1) is 0 Å². The fourth-order valence-corrected chi connectivity index (χ4v) is 4.00. The van der Waals surface area contributed by atoms with E-state index in [0.717, 1.165) is 10.8 Å². The summed E-state index contributed by atoms with van der Waals surface area (Å²) in [7, 11) is 0. The van der Waals surface area contributed by atoms with Gasteiger partial charge in [-0.05, 0) is 49.6 Å². The van der Waals surface area contributed by atoms with Gasteiger partial charge >= 0.3 is 0 Å². The van der Waals surface area contributed by atoms with Gasteiger partial charge in [-0.2, -0.15) is 0 Å². The van der Waals surface area contributed by atoms with E-state index in [1.54, 1.807) is 11.3 Å². The lowest BCUT2D eigenvalue weighted by atomic mass is 10.0. The first kappa shape index (κ1) is 13.5. The molecule has 104 valence electrons. The molecule has 1 aliphatic heterocycles. The van der Waals surface area contributed by atoms with Gasteiger partial charge in [0.1, 0.15) is 0 Å². The molecule has 3 nitrogen and oxygen atoms in total. The molecule has 0 saturated carbocycles. The highest BCUT2D eigenvalue weighted by Crippen LogP contribution is 2.41. The maximum Gasteiger partial charge on any atom is 0.170 e. The molecule has 2 aromatic heterocycles. The maximum absolute atomic E-state index is 5.54. The molecule has 0 radical (unpaired) electrons. The monoisotopic (exact) mass is 303 g/mol. The minimum absolute atomic E-state index is 0.116. The van der Waals surface area contributed by atoms with Crippen molar-refractivity contribution in [1.29, 1.82) is 0 Å². The van der Waals surface area contributed by atoms with E-state index >= 15 is 0 Å². The van der Waals surface area contributed by atoms with Crippen molar-refractivity contribution < 1.29 is 0 Å². The highest BCUT2D eigenvalue weighted by atomic mass is 32.1. The molecular weight excluding hydrogens is 286 g/mol. The van der Waals surface area contributed by atoms with E-state index in [4.69, 9.17) is 12.2 Å². The van der Waals surface area contributed by atoms with Crippen LogP contribution in [0.15, 0.2) is 41.9 Å². The van der Waals surface area contributed by atoms with Crippen LogP contribution in [0.4, 0.5) is 0 Å². The van der Waals surface area contributed by atoms with Gasteiger partial charge in [-0.1, -0.05) is 12.1 Å². The van der Waals surface area contributed by atoms with E-state index in [0.29, 0.717) is 6.04 Å². The van der Waals surface area contributed by atoms with Gasteiger partial charge in [-0.25, -0.2) is 0 Å². The van der Waals surface area contributed by atoms with Crippen molar-refractivity contribution in [2.45, 2.75) is 32.0 Å². The molecule has 0 aromatic carbocycles. The van der Waals surface area contributed by atoms with Gasteiger partial charge in [-0.15, -0.1) is 11.3 Å². The van der Waals surface area contributed by atoms with Crippen molar-refractivity contribution in [2.75, 3.05) is 0 Å². The van der Waals surface area contributed by atoms with Crippen LogP contribution in [-0.2, 0) is 0 Å². The third kappa shape index (κ3) is 2.31. The third-order valence-electron chi connectivity index (χ3n) is 3.53. The SMILES string of the molecule is CC(C)N1C(=S)N[C@@H](c2ccccn2)[C@H]1c1cccs1. The molecule has 0 spiro atoms. The Morgan fingerprint density at radius 3 is 2.75 bits per heavy atom. The van der Waals surface area contributed by atoms with Crippen LogP contribution >= 0.6 is 23.6 Å². The van der Waals surface area contributed by atoms with E-state index in [2.05, 4.69) is 52.6 Å². The van der Waals surface area contributed by atoms with E-state index in [9.17, 15) is 0 Å². The first-order valence-electron chi connectivity index (χ1n) is 6.71. The molecule has 5 heteroatoms. The summed E-state index contributed by atoms with van der Waals surface area (Å²) in [6, 6.07) is 11.0. The topological polar surface area (TPSA) is 28.2 Å². The lowest BCUT2D eigenvalue weighted by molar-refractivity contribution is 0.273. The highest BCUT2D eigenvalue weighted by molar-refractivity contribution is 7.80. The zero-order chi connectivity index (χ0) is 14.1. The van der Waals surface area contributed by atoms with Crippen LogP contribution in [0.5, 0.6) is 0 Å². The number of nitrogens with one attached hydrogen (secondary N) is 1. The molecule has 0 bridgehead atoms. The Bertz CT molecular complexity index is 580. The minimum Gasteiger partial charge on any atom is -0.352 e. The Hall–Kier alpha value is -1.46. The second-order valence-electron chi connectivity index (χ2n) is 5.14. The van der Waals surface area contributed by atoms with Gasteiger partial charge < -0.3 is 10.2 Å². The third-order valence-corrected chi connectivity index (χ3v) is 4.80. The van der Waals surface area contributed by atoms with Crippen LogP contribution < -0.4 is 5.32 Å². The summed E-state index contributed by atoms with van der Waals surface area (Å²) in [6.45, 7) is 4.35. The average Bonchev–Trinajstić information content (AvgIpc) is 3.06. The van der Waals surface area contributed by atoms with Crippen LogP contribution in [0.2, 0.25) is 0 Å². The molecule has 1 saturated heterocycles. The smallest absolute Gasteiger partial charge is 0.170 e. The standard InChI is InChI=1S/C15H17N3S2/c1-10(2)18-14(12-7-5-9-20-12)13(17-15(18)19)11-6-3-4-8-16-11/h3-10,13-14H,1-2H3,(H,17,19)/t13-,14+/m0/s1. The quantitative estimate of drug-likeness (QED) is 0.878. The number of hydrogen-bond donors (Lipinski definition) is 1. The Morgan fingerprint density at radius 2 is 2.15 bits per heavy atom. The van der Waals surface area contributed by atoms with Crippen LogP contribution in [0.1, 0.15) is 36.5 Å². The van der Waals surface area contributed by atoms with Crippen molar-refractivity contribution in [1.82, 2.24) is 15.2 Å². The molecule has 1 fully saturated rings. The van der Waals surface area contributed by atoms with Crippen LogP contribution in [0.3, 0.4) is 0 Å². The van der Waals surface area contributed by atoms with Gasteiger partial charge in [-0.3, -0.25) is 4.98 Å². The van der Waals surface area contributed by atoms with Gasteiger partial charge in [0.15, 0.2) is 5.11 Å². The average molecular weight is 303 g/mol. The summed E-state index contributed by atoms with van der Waals surface area (Å²) in [5.74, 6) is 0. The normalized spacial score (nSPS) is 22.4. The molecule has 3 heterocycles. The molecule has 20 heavy (non-hydrogen) atoms. The fourth-order valence-electron chi connectivity index (χ4n) is 2.69. The second-order valence-corrected chi connectivity index (χ2v) is 6.51. The fraction of sp³-hybridized carbons (Fsp3) is 0.333. The zero-order valence-electron chi connectivity index (χ0n) is 11.5. The summed E-state index contributed by atoms with van der Waals surface area (Å²) >= 11 is 7.31. The molecule has 0 unspecified atom stereocenters. The predicted molar refractivity (Wildman–Crippen MR) is 86.7 cm³/mol. The minimum atomic E-state index is 0.116. The zero-order valence-corrected chi connectivity index (χ0v) is 13.1. The number of thiocarbonyl (C=S) groups is 1. The van der Waals surface area contributed by atoms with E-state index < -0.39 is 0 Å². The van der Waals surface area contributed by atoms with E-state index in [-0.39, 0.29) is 12.1 Å². The van der Waals surface area contributed by atoms with Gasteiger partial charge in [0.05, 0.1) is 17.8 Å². The number of rotatable bonds is 3.